The molecule has 0 radical (unpaired) electrons. The summed E-state index contributed by atoms with van der Waals surface area (Å²) in [7, 11) is 1.54. The largest absolute Gasteiger partial charge is 0.467 e. The Bertz CT molecular complexity index is 454. The van der Waals surface area contributed by atoms with Crippen LogP contribution in [-0.4, -0.2) is 22.1 Å². The van der Waals surface area contributed by atoms with Crippen molar-refractivity contribution in [1.29, 1.82) is 0 Å². The van der Waals surface area contributed by atoms with E-state index >= 15 is 0 Å². The average Bonchev–Trinajstić information content (AvgIpc) is 2.29. The van der Waals surface area contributed by atoms with Crippen LogP contribution in [0.2, 0.25) is 0 Å². The van der Waals surface area contributed by atoms with E-state index < -0.39 is 0 Å². The molecule has 0 unspecified atom stereocenters. The molecule has 2 rings (SSSR count). The Hall–Kier alpha value is -1.97. The highest BCUT2D eigenvalue weighted by Crippen LogP contribution is 2.15. The lowest BCUT2D eigenvalue weighted by atomic mass is 10.2. The second kappa shape index (κ2) is 4.04. The van der Waals surface area contributed by atoms with Crippen LogP contribution in [0.3, 0.4) is 0 Å². The number of rotatable bonds is 2. The van der Waals surface area contributed by atoms with Crippen molar-refractivity contribution in [2.75, 3.05) is 7.11 Å². The minimum atomic E-state index is 0.367. The van der Waals surface area contributed by atoms with Gasteiger partial charge in [0.1, 0.15) is 0 Å². The van der Waals surface area contributed by atoms with Gasteiger partial charge < -0.3 is 4.74 Å². The fraction of sp³-hybridized carbons (Fsp3) is 0.182. The number of hydrogen-bond donors (Lipinski definition) is 0. The van der Waals surface area contributed by atoms with Crippen LogP contribution in [0.15, 0.2) is 30.6 Å². The van der Waals surface area contributed by atoms with Gasteiger partial charge in [0.25, 0.3) is 0 Å². The van der Waals surface area contributed by atoms with Gasteiger partial charge in [0.15, 0.2) is 0 Å². The first kappa shape index (κ1) is 9.58. The summed E-state index contributed by atoms with van der Waals surface area (Å²) in [6, 6.07) is 6.21. The van der Waals surface area contributed by atoms with Gasteiger partial charge in [-0.25, -0.2) is 9.97 Å². The predicted molar refractivity (Wildman–Crippen MR) is 56.6 cm³/mol. The lowest BCUT2D eigenvalue weighted by molar-refractivity contribution is 0.380. The Morgan fingerprint density at radius 3 is 2.47 bits per heavy atom. The molecule has 4 heteroatoms. The van der Waals surface area contributed by atoms with E-state index in [1.807, 2.05) is 25.1 Å². The third-order valence-electron chi connectivity index (χ3n) is 1.99. The SMILES string of the molecule is COc1ncc(-c2cccc(C)n2)cn1. The van der Waals surface area contributed by atoms with E-state index in [-0.39, 0.29) is 0 Å². The minimum absolute atomic E-state index is 0.367. The lowest BCUT2D eigenvalue weighted by Gasteiger charge is -2.01. The summed E-state index contributed by atoms with van der Waals surface area (Å²) in [4.78, 5) is 12.4. The number of pyridine rings is 1. The molecule has 2 aromatic heterocycles. The summed E-state index contributed by atoms with van der Waals surface area (Å²) < 4.78 is 4.89. The highest BCUT2D eigenvalue weighted by Gasteiger charge is 2.01. The van der Waals surface area contributed by atoms with Crippen molar-refractivity contribution in [1.82, 2.24) is 15.0 Å². The molecule has 76 valence electrons. The predicted octanol–water partition coefficient (Wildman–Crippen LogP) is 1.86. The van der Waals surface area contributed by atoms with E-state index in [0.717, 1.165) is 17.0 Å². The van der Waals surface area contributed by atoms with Gasteiger partial charge in [-0.1, -0.05) is 6.07 Å². The van der Waals surface area contributed by atoms with Gasteiger partial charge in [-0.15, -0.1) is 0 Å². The molecule has 15 heavy (non-hydrogen) atoms. The number of methoxy groups -OCH3 is 1. The topological polar surface area (TPSA) is 47.9 Å². The molecular weight excluding hydrogens is 190 g/mol. The second-order valence-electron chi connectivity index (χ2n) is 3.12. The first-order valence-electron chi connectivity index (χ1n) is 4.59. The molecule has 0 aromatic carbocycles. The van der Waals surface area contributed by atoms with E-state index in [1.165, 1.54) is 0 Å². The van der Waals surface area contributed by atoms with Gasteiger partial charge in [0.2, 0.25) is 0 Å². The molecule has 0 spiro atoms. The highest BCUT2D eigenvalue weighted by molar-refractivity contribution is 5.56. The molecule has 0 saturated carbocycles. The Morgan fingerprint density at radius 1 is 1.13 bits per heavy atom. The summed E-state index contributed by atoms with van der Waals surface area (Å²) in [5.41, 5.74) is 2.74. The summed E-state index contributed by atoms with van der Waals surface area (Å²) in [6.45, 7) is 1.95. The van der Waals surface area contributed by atoms with Crippen LogP contribution in [0.25, 0.3) is 11.3 Å². The molecule has 2 heterocycles. The quantitative estimate of drug-likeness (QED) is 0.744. The van der Waals surface area contributed by atoms with Gasteiger partial charge in [0, 0.05) is 23.7 Å². The zero-order valence-corrected chi connectivity index (χ0v) is 8.64. The molecule has 4 nitrogen and oxygen atoms in total. The van der Waals surface area contributed by atoms with E-state index in [2.05, 4.69) is 15.0 Å². The number of nitrogens with zero attached hydrogens (tertiary/aromatic N) is 3. The summed E-state index contributed by atoms with van der Waals surface area (Å²) >= 11 is 0. The summed E-state index contributed by atoms with van der Waals surface area (Å²) in [5.74, 6) is 0. The monoisotopic (exact) mass is 201 g/mol. The van der Waals surface area contributed by atoms with Crippen molar-refractivity contribution < 1.29 is 4.74 Å². The maximum absolute atomic E-state index is 4.89. The van der Waals surface area contributed by atoms with Gasteiger partial charge in [-0.3, -0.25) is 4.98 Å². The van der Waals surface area contributed by atoms with Crippen molar-refractivity contribution in [3.63, 3.8) is 0 Å². The minimum Gasteiger partial charge on any atom is -0.467 e. The first-order chi connectivity index (χ1) is 7.29. The Balaban J connectivity index is 2.37. The molecule has 0 aliphatic carbocycles. The van der Waals surface area contributed by atoms with Crippen molar-refractivity contribution in [2.45, 2.75) is 6.92 Å². The Kier molecular flexibility index (Phi) is 2.58. The molecule has 0 saturated heterocycles. The standard InChI is InChI=1S/C11H11N3O/c1-8-4-3-5-10(14-8)9-6-12-11(15-2)13-7-9/h3-7H,1-2H3. The van der Waals surface area contributed by atoms with Gasteiger partial charge in [-0.2, -0.15) is 0 Å². The lowest BCUT2D eigenvalue weighted by Crippen LogP contribution is -1.93. The van der Waals surface area contributed by atoms with Crippen LogP contribution in [0.4, 0.5) is 0 Å². The molecule has 0 amide bonds. The van der Waals surface area contributed by atoms with Crippen LogP contribution in [0.1, 0.15) is 5.69 Å². The van der Waals surface area contributed by atoms with Crippen molar-refractivity contribution in [3.8, 4) is 17.3 Å². The van der Waals surface area contributed by atoms with Gasteiger partial charge in [-0.05, 0) is 19.1 Å². The molecule has 0 fully saturated rings. The van der Waals surface area contributed by atoms with E-state index in [9.17, 15) is 0 Å². The molecule has 0 N–H and O–H groups in total. The smallest absolute Gasteiger partial charge is 0.316 e. The molecule has 0 bridgehead atoms. The molecule has 0 aliphatic heterocycles. The second-order valence-corrected chi connectivity index (χ2v) is 3.12. The molecule has 0 atom stereocenters. The number of ether oxygens (including phenoxy) is 1. The number of hydrogen-bond acceptors (Lipinski definition) is 4. The maximum Gasteiger partial charge on any atom is 0.316 e. The zero-order chi connectivity index (χ0) is 10.7. The van der Waals surface area contributed by atoms with E-state index in [0.29, 0.717) is 6.01 Å². The highest BCUT2D eigenvalue weighted by atomic mass is 16.5. The average molecular weight is 201 g/mol. The van der Waals surface area contributed by atoms with Gasteiger partial charge >= 0.3 is 6.01 Å². The normalized spacial score (nSPS) is 10.0. The van der Waals surface area contributed by atoms with Crippen LogP contribution in [0.5, 0.6) is 6.01 Å². The molecule has 2 aromatic rings. The van der Waals surface area contributed by atoms with Crippen molar-refractivity contribution in [3.05, 3.63) is 36.3 Å². The third-order valence-corrected chi connectivity index (χ3v) is 1.99. The van der Waals surface area contributed by atoms with Crippen LogP contribution in [-0.2, 0) is 0 Å². The maximum atomic E-state index is 4.89. The van der Waals surface area contributed by atoms with Crippen molar-refractivity contribution in [2.24, 2.45) is 0 Å². The Morgan fingerprint density at radius 2 is 1.87 bits per heavy atom. The van der Waals surface area contributed by atoms with Gasteiger partial charge in [0.05, 0.1) is 12.8 Å². The van der Waals surface area contributed by atoms with E-state index in [4.69, 9.17) is 4.74 Å². The van der Waals surface area contributed by atoms with E-state index in [1.54, 1.807) is 19.5 Å². The molecular formula is C11H11N3O. The number of aromatic nitrogens is 3. The summed E-state index contributed by atoms with van der Waals surface area (Å²) in [6.07, 6.45) is 3.40. The fourth-order valence-corrected chi connectivity index (χ4v) is 1.26. The number of aryl methyl sites for hydroxylation is 1. The fourth-order valence-electron chi connectivity index (χ4n) is 1.26. The van der Waals surface area contributed by atoms with Crippen LogP contribution >= 0.6 is 0 Å². The van der Waals surface area contributed by atoms with Crippen molar-refractivity contribution >= 4 is 0 Å². The zero-order valence-electron chi connectivity index (χ0n) is 8.64. The van der Waals surface area contributed by atoms with Crippen LogP contribution < -0.4 is 4.74 Å². The molecule has 0 aliphatic rings. The summed E-state index contributed by atoms with van der Waals surface area (Å²) in [5, 5.41) is 0. The first-order valence-corrected chi connectivity index (χ1v) is 4.59. The Labute approximate surface area is 88.0 Å². The third kappa shape index (κ3) is 2.10. The van der Waals surface area contributed by atoms with Crippen LogP contribution in [0, 0.1) is 6.92 Å².